The van der Waals surface area contributed by atoms with Gasteiger partial charge in [0.05, 0.1) is 0 Å². The molecule has 2 aliphatic rings. The van der Waals surface area contributed by atoms with E-state index < -0.39 is 0 Å². The third kappa shape index (κ3) is 0.985. The second-order valence-electron chi connectivity index (χ2n) is 6.98. The van der Waals surface area contributed by atoms with Crippen LogP contribution < -0.4 is 0 Å². The zero-order valence-corrected chi connectivity index (χ0v) is 12.2. The van der Waals surface area contributed by atoms with Crippen LogP contribution in [0.5, 0.6) is 0 Å². The van der Waals surface area contributed by atoms with Gasteiger partial charge in [-0.3, -0.25) is 0 Å². The summed E-state index contributed by atoms with van der Waals surface area (Å²) in [6.45, 7) is 14.9. The van der Waals surface area contributed by atoms with E-state index in [4.69, 9.17) is 0 Å². The molecule has 0 saturated heterocycles. The summed E-state index contributed by atoms with van der Waals surface area (Å²) in [5.41, 5.74) is 1.96. The second kappa shape index (κ2) is 3.50. The highest BCUT2D eigenvalue weighted by Gasteiger charge is 2.89. The summed E-state index contributed by atoms with van der Waals surface area (Å²) in [5.74, 6) is 1.97. The fraction of sp³-hybridized carbons (Fsp3) is 1.00. The van der Waals surface area contributed by atoms with E-state index in [9.17, 15) is 0 Å². The smallest absolute Gasteiger partial charge is 0.0174 e. The third-order valence-corrected chi connectivity index (χ3v) is 7.39. The normalized spacial score (nSPS) is 54.4. The van der Waals surface area contributed by atoms with E-state index in [-0.39, 0.29) is 0 Å². The van der Waals surface area contributed by atoms with E-state index in [1.807, 2.05) is 0 Å². The van der Waals surface area contributed by atoms with Crippen LogP contribution in [0.2, 0.25) is 0 Å². The Morgan fingerprint density at radius 1 is 0.938 bits per heavy atom. The molecule has 94 valence electrons. The van der Waals surface area contributed by atoms with Crippen LogP contribution in [0.1, 0.15) is 73.6 Å². The lowest BCUT2D eigenvalue weighted by Gasteiger charge is -2.47. The van der Waals surface area contributed by atoms with Crippen molar-refractivity contribution in [2.24, 2.45) is 28.1 Å². The molecule has 0 aliphatic heterocycles. The first kappa shape index (κ1) is 12.5. The molecule has 0 nitrogen and oxygen atoms in total. The predicted octanol–water partition coefficient (Wildman–Crippen LogP) is 5.28. The van der Waals surface area contributed by atoms with Crippen molar-refractivity contribution in [3.63, 3.8) is 0 Å². The zero-order valence-electron chi connectivity index (χ0n) is 12.2. The Bertz CT molecular complexity index is 272. The highest BCUT2D eigenvalue weighted by molar-refractivity contribution is 5.36. The molecule has 0 aromatic rings. The van der Waals surface area contributed by atoms with E-state index in [0.29, 0.717) is 16.2 Å². The van der Waals surface area contributed by atoms with E-state index in [2.05, 4.69) is 41.5 Å². The third-order valence-electron chi connectivity index (χ3n) is 7.39. The van der Waals surface area contributed by atoms with Crippen molar-refractivity contribution in [2.75, 3.05) is 0 Å². The number of fused-ring (bicyclic) bond motifs is 1. The van der Waals surface area contributed by atoms with Crippen LogP contribution in [0, 0.1) is 28.1 Å². The first-order valence-electron chi connectivity index (χ1n) is 7.41. The van der Waals surface area contributed by atoms with Crippen molar-refractivity contribution in [3.8, 4) is 0 Å². The number of rotatable bonds is 5. The molecule has 2 fully saturated rings. The van der Waals surface area contributed by atoms with Crippen molar-refractivity contribution in [2.45, 2.75) is 73.6 Å². The molecule has 0 bridgehead atoms. The Labute approximate surface area is 102 Å². The van der Waals surface area contributed by atoms with Gasteiger partial charge in [-0.1, -0.05) is 60.8 Å². The van der Waals surface area contributed by atoms with E-state index in [1.165, 1.54) is 32.1 Å². The van der Waals surface area contributed by atoms with Gasteiger partial charge in [-0.15, -0.1) is 0 Å². The molecule has 0 spiro atoms. The molecule has 16 heavy (non-hydrogen) atoms. The molecular formula is C16H30. The minimum Gasteiger partial charge on any atom is -0.0654 e. The predicted molar refractivity (Wildman–Crippen MR) is 71.4 cm³/mol. The van der Waals surface area contributed by atoms with Gasteiger partial charge in [-0.2, -0.15) is 0 Å². The number of hydrogen-bond acceptors (Lipinski definition) is 0. The lowest BCUT2D eigenvalue weighted by molar-refractivity contribution is 0.00796. The molecule has 2 aliphatic carbocycles. The quantitative estimate of drug-likeness (QED) is 0.555. The molecule has 0 heterocycles. The Hall–Kier alpha value is 0. The van der Waals surface area contributed by atoms with Gasteiger partial charge in [-0.25, -0.2) is 0 Å². The van der Waals surface area contributed by atoms with Crippen LogP contribution in [0.15, 0.2) is 0 Å². The molecule has 0 aromatic heterocycles. The first-order valence-corrected chi connectivity index (χ1v) is 7.41. The van der Waals surface area contributed by atoms with Gasteiger partial charge in [0.25, 0.3) is 0 Å². The maximum absolute atomic E-state index is 2.58. The average molecular weight is 222 g/mol. The topological polar surface area (TPSA) is 0 Å². The van der Waals surface area contributed by atoms with Gasteiger partial charge in [0.15, 0.2) is 0 Å². The summed E-state index contributed by atoms with van der Waals surface area (Å²) in [6, 6.07) is 0. The van der Waals surface area contributed by atoms with Gasteiger partial charge in [0.1, 0.15) is 0 Å². The summed E-state index contributed by atoms with van der Waals surface area (Å²) in [7, 11) is 0. The minimum atomic E-state index is 0.635. The highest BCUT2D eigenvalue weighted by Crippen LogP contribution is 2.94. The molecule has 0 radical (unpaired) electrons. The van der Waals surface area contributed by atoms with Crippen LogP contribution in [-0.2, 0) is 0 Å². The van der Waals surface area contributed by atoms with Crippen LogP contribution >= 0.6 is 0 Å². The lowest BCUT2D eigenvalue weighted by Crippen LogP contribution is -2.41. The maximum atomic E-state index is 2.58. The fourth-order valence-electron chi connectivity index (χ4n) is 5.75. The van der Waals surface area contributed by atoms with Gasteiger partial charge >= 0.3 is 0 Å². The monoisotopic (exact) mass is 222 g/mol. The molecule has 0 amide bonds. The van der Waals surface area contributed by atoms with Gasteiger partial charge in [0.2, 0.25) is 0 Å². The van der Waals surface area contributed by atoms with Crippen LogP contribution in [0.3, 0.4) is 0 Å². The van der Waals surface area contributed by atoms with Crippen LogP contribution in [0.4, 0.5) is 0 Å². The molecule has 2 rings (SSSR count). The molecule has 0 heteroatoms. The molecule has 5 atom stereocenters. The lowest BCUT2D eigenvalue weighted by atomic mass is 9.57. The first-order chi connectivity index (χ1) is 7.41. The van der Waals surface area contributed by atoms with Gasteiger partial charge in [0, 0.05) is 0 Å². The number of unbranched alkanes of at least 4 members (excludes halogenated alkanes) is 2. The summed E-state index contributed by atoms with van der Waals surface area (Å²) in [4.78, 5) is 0. The number of hydrogen-bond donors (Lipinski definition) is 0. The van der Waals surface area contributed by atoms with Crippen molar-refractivity contribution in [1.82, 2.24) is 0 Å². The summed E-state index contributed by atoms with van der Waals surface area (Å²) >= 11 is 0. The minimum absolute atomic E-state index is 0.635. The Morgan fingerprint density at radius 3 is 2.00 bits per heavy atom. The molecule has 0 N–H and O–H groups in total. The van der Waals surface area contributed by atoms with E-state index >= 15 is 0 Å². The average Bonchev–Trinajstić information content (AvgIpc) is 2.64. The van der Waals surface area contributed by atoms with Crippen LogP contribution in [0.25, 0.3) is 0 Å². The molecular weight excluding hydrogens is 192 g/mol. The molecule has 2 saturated carbocycles. The van der Waals surface area contributed by atoms with Crippen molar-refractivity contribution in [1.29, 1.82) is 0 Å². The maximum Gasteiger partial charge on any atom is -0.0174 e. The van der Waals surface area contributed by atoms with Gasteiger partial charge < -0.3 is 0 Å². The Morgan fingerprint density at radius 2 is 1.56 bits per heavy atom. The summed E-state index contributed by atoms with van der Waals surface area (Å²) < 4.78 is 0. The molecule has 0 aromatic carbocycles. The summed E-state index contributed by atoms with van der Waals surface area (Å²) in [6.07, 6.45) is 7.10. The SMILES string of the molecule is CCCCCC1C(C)C2(C)C(C)(CC)C12C. The standard InChI is InChI=1S/C16H30/c1-7-9-10-11-13-12(3)15(5)14(4,8-2)16(13,15)6/h12-13H,7-11H2,1-6H3. The molecule has 5 unspecified atom stereocenters. The largest absolute Gasteiger partial charge is 0.0654 e. The zero-order chi connectivity index (χ0) is 12.2. The van der Waals surface area contributed by atoms with Crippen molar-refractivity contribution >= 4 is 0 Å². The summed E-state index contributed by atoms with van der Waals surface area (Å²) in [5, 5.41) is 0. The van der Waals surface area contributed by atoms with Gasteiger partial charge in [-0.05, 0) is 40.9 Å². The Kier molecular flexibility index (Phi) is 2.72. The Balaban J connectivity index is 2.05. The van der Waals surface area contributed by atoms with E-state index in [0.717, 1.165) is 11.8 Å². The van der Waals surface area contributed by atoms with Crippen LogP contribution in [-0.4, -0.2) is 0 Å². The second-order valence-corrected chi connectivity index (χ2v) is 6.98. The highest BCUT2D eigenvalue weighted by atomic mass is 14.9. The van der Waals surface area contributed by atoms with Crippen molar-refractivity contribution in [3.05, 3.63) is 0 Å². The van der Waals surface area contributed by atoms with Crippen molar-refractivity contribution < 1.29 is 0 Å². The van der Waals surface area contributed by atoms with E-state index in [1.54, 1.807) is 0 Å². The fourth-order valence-corrected chi connectivity index (χ4v) is 5.75.